The molecule has 2 aromatic rings. The highest BCUT2D eigenvalue weighted by Gasteiger charge is 2.32. The van der Waals surface area contributed by atoms with Gasteiger partial charge in [0.05, 0.1) is 5.56 Å². The number of carbonyl (C=O) groups excluding carboxylic acids is 1. The van der Waals surface area contributed by atoms with Crippen molar-refractivity contribution in [1.82, 2.24) is 9.80 Å². The lowest BCUT2D eigenvalue weighted by Gasteiger charge is -2.34. The van der Waals surface area contributed by atoms with E-state index in [0.29, 0.717) is 18.6 Å². The number of fused-ring (bicyclic) bond motifs is 2. The number of unbranched alkanes of at least 4 members (excludes halogenated alkanes) is 3. The molecule has 0 unspecified atom stereocenters. The summed E-state index contributed by atoms with van der Waals surface area (Å²) in [4.78, 5) is 18.5. The van der Waals surface area contributed by atoms with Gasteiger partial charge in [0.2, 0.25) is 0 Å². The van der Waals surface area contributed by atoms with E-state index in [-0.39, 0.29) is 18.4 Å². The third-order valence-electron chi connectivity index (χ3n) is 7.16. The summed E-state index contributed by atoms with van der Waals surface area (Å²) in [7, 11) is 0. The van der Waals surface area contributed by atoms with Gasteiger partial charge in [0.25, 0.3) is 0 Å². The molecule has 2 aromatic carbocycles. The van der Waals surface area contributed by atoms with Crippen LogP contribution in [0.3, 0.4) is 0 Å². The summed E-state index contributed by atoms with van der Waals surface area (Å²) in [6, 6.07) is 12.0. The Kier molecular flexibility index (Phi) is 12.2. The van der Waals surface area contributed by atoms with Crippen LogP contribution in [0, 0.1) is 0 Å². The first-order chi connectivity index (χ1) is 18.3. The van der Waals surface area contributed by atoms with Crippen LogP contribution in [-0.2, 0) is 15.7 Å². The van der Waals surface area contributed by atoms with Crippen LogP contribution in [0.15, 0.2) is 58.3 Å². The first-order valence-electron chi connectivity index (χ1n) is 13.6. The zero-order valence-corrected chi connectivity index (χ0v) is 24.1. The van der Waals surface area contributed by atoms with Crippen molar-refractivity contribution < 1.29 is 22.7 Å². The predicted octanol–water partition coefficient (Wildman–Crippen LogP) is 7.54. The largest absolute Gasteiger partial charge is 0.464 e. The first-order valence-corrected chi connectivity index (χ1v) is 14.5. The fourth-order valence-electron chi connectivity index (χ4n) is 4.95. The molecule has 0 atom stereocenters. The van der Waals surface area contributed by atoms with Crippen molar-refractivity contribution in [2.24, 2.45) is 0 Å². The summed E-state index contributed by atoms with van der Waals surface area (Å²) in [6.45, 7) is 7.89. The maximum atomic E-state index is 13.4. The highest BCUT2D eigenvalue weighted by molar-refractivity contribution is 7.99. The Morgan fingerprint density at radius 3 is 2.36 bits per heavy atom. The summed E-state index contributed by atoms with van der Waals surface area (Å²) in [5.41, 5.74) is 1.93. The maximum absolute atomic E-state index is 13.4. The minimum Gasteiger partial charge on any atom is -0.464 e. The van der Waals surface area contributed by atoms with Crippen molar-refractivity contribution >= 4 is 35.7 Å². The summed E-state index contributed by atoms with van der Waals surface area (Å²) < 4.78 is 45.7. The number of nitrogens with zero attached hydrogens (tertiary/aromatic N) is 2. The normalized spacial score (nSPS) is 16.9. The van der Waals surface area contributed by atoms with Crippen LogP contribution in [0.5, 0.6) is 0 Å². The van der Waals surface area contributed by atoms with Crippen molar-refractivity contribution in [3.05, 3.63) is 65.2 Å². The fourth-order valence-corrected chi connectivity index (χ4v) is 6.04. The van der Waals surface area contributed by atoms with E-state index in [2.05, 4.69) is 22.8 Å². The van der Waals surface area contributed by atoms with E-state index in [1.807, 2.05) is 24.3 Å². The van der Waals surface area contributed by atoms with Gasteiger partial charge in [-0.3, -0.25) is 9.69 Å². The topological polar surface area (TPSA) is 32.8 Å². The molecule has 2 aliphatic heterocycles. The van der Waals surface area contributed by atoms with Crippen LogP contribution in [0.4, 0.5) is 13.2 Å². The van der Waals surface area contributed by atoms with Gasteiger partial charge in [-0.15, -0.1) is 12.4 Å². The van der Waals surface area contributed by atoms with Gasteiger partial charge < -0.3 is 9.64 Å². The molecule has 4 rings (SSSR count). The molecule has 9 heteroatoms. The summed E-state index contributed by atoms with van der Waals surface area (Å²) in [5.74, 6) is -0.0978. The average Bonchev–Trinajstić information content (AvgIpc) is 2.91. The second kappa shape index (κ2) is 15.1. The second-order valence-electron chi connectivity index (χ2n) is 9.93. The predicted molar refractivity (Wildman–Crippen MR) is 154 cm³/mol. The van der Waals surface area contributed by atoms with E-state index in [1.54, 1.807) is 6.07 Å². The molecule has 0 N–H and O–H groups in total. The van der Waals surface area contributed by atoms with Crippen molar-refractivity contribution in [2.75, 3.05) is 45.9 Å². The number of esters is 1. The van der Waals surface area contributed by atoms with Crippen LogP contribution >= 0.6 is 24.2 Å². The maximum Gasteiger partial charge on any atom is 0.416 e. The molecule has 2 aliphatic rings. The number of piperazine rings is 1. The summed E-state index contributed by atoms with van der Waals surface area (Å²) in [5, 5.41) is 0. The lowest BCUT2D eigenvalue weighted by Crippen LogP contribution is -2.47. The number of hydrogen-bond acceptors (Lipinski definition) is 5. The standard InChI is InChI=1S/C30H37F3N2O2S.ClH/c1-2-3-4-5-12-29(36)37-21-20-35-18-16-34(17-19-35)15-8-10-24-25-9-6-7-11-27(25)38-28-14-13-23(22-26(24)28)30(31,32)33;/h6-7,9-11,13-14,22H,2-5,8,12,15-21H2,1H3;1H/b24-10+;. The van der Waals surface area contributed by atoms with Crippen molar-refractivity contribution in [3.8, 4) is 0 Å². The highest BCUT2D eigenvalue weighted by Crippen LogP contribution is 2.47. The molecule has 2 heterocycles. The number of carbonyl (C=O) groups is 1. The zero-order chi connectivity index (χ0) is 27.0. The smallest absolute Gasteiger partial charge is 0.416 e. The molecule has 1 saturated heterocycles. The quantitative estimate of drug-likeness (QED) is 0.172. The van der Waals surface area contributed by atoms with E-state index >= 15 is 0 Å². The molecule has 0 bridgehead atoms. The molecule has 214 valence electrons. The molecular formula is C30H38ClF3N2O2S. The van der Waals surface area contributed by atoms with Crippen LogP contribution in [-0.4, -0.2) is 61.6 Å². The number of benzene rings is 2. The van der Waals surface area contributed by atoms with Crippen LogP contribution in [0.25, 0.3) is 5.57 Å². The molecule has 0 aromatic heterocycles. The van der Waals surface area contributed by atoms with Gasteiger partial charge in [0.15, 0.2) is 0 Å². The number of hydrogen-bond donors (Lipinski definition) is 0. The third-order valence-corrected chi connectivity index (χ3v) is 8.31. The van der Waals surface area contributed by atoms with Gasteiger partial charge in [0, 0.05) is 55.5 Å². The SMILES string of the molecule is CCCCCCC(=O)OCCN1CCN(CC/C=C2\c3ccccc3Sc3ccc(C(F)(F)F)cc32)CC1.Cl. The van der Waals surface area contributed by atoms with E-state index in [1.165, 1.54) is 23.9 Å². The molecule has 0 aliphatic carbocycles. The van der Waals surface area contributed by atoms with Crippen LogP contribution in [0.2, 0.25) is 0 Å². The van der Waals surface area contributed by atoms with Crippen LogP contribution in [0.1, 0.15) is 62.1 Å². The number of alkyl halides is 3. The van der Waals surface area contributed by atoms with Crippen molar-refractivity contribution in [3.63, 3.8) is 0 Å². The van der Waals surface area contributed by atoms with E-state index in [0.717, 1.165) is 92.3 Å². The van der Waals surface area contributed by atoms with Gasteiger partial charge in [-0.2, -0.15) is 13.2 Å². The van der Waals surface area contributed by atoms with Gasteiger partial charge in [-0.25, -0.2) is 0 Å². The Morgan fingerprint density at radius 2 is 1.64 bits per heavy atom. The molecule has 0 radical (unpaired) electrons. The van der Waals surface area contributed by atoms with Gasteiger partial charge in [-0.05, 0) is 53.8 Å². The number of halogens is 4. The van der Waals surface area contributed by atoms with E-state index in [4.69, 9.17) is 4.74 Å². The fraction of sp³-hybridized carbons (Fsp3) is 0.500. The zero-order valence-electron chi connectivity index (χ0n) is 22.5. The minimum absolute atomic E-state index is 0. The average molecular weight is 583 g/mol. The van der Waals surface area contributed by atoms with Gasteiger partial charge in [-0.1, -0.05) is 62.2 Å². The lowest BCUT2D eigenvalue weighted by molar-refractivity contribution is -0.144. The molecular weight excluding hydrogens is 545 g/mol. The summed E-state index contributed by atoms with van der Waals surface area (Å²) in [6.07, 6.45) is 3.31. The molecule has 0 amide bonds. The van der Waals surface area contributed by atoms with Crippen LogP contribution < -0.4 is 0 Å². The molecule has 0 spiro atoms. The van der Waals surface area contributed by atoms with Gasteiger partial charge >= 0.3 is 12.1 Å². The Bertz CT molecular complexity index is 1120. The van der Waals surface area contributed by atoms with E-state index in [9.17, 15) is 18.0 Å². The Hall–Kier alpha value is -2.00. The minimum atomic E-state index is -4.37. The van der Waals surface area contributed by atoms with Crippen molar-refractivity contribution in [1.29, 1.82) is 0 Å². The number of rotatable bonds is 11. The highest BCUT2D eigenvalue weighted by atomic mass is 35.5. The Morgan fingerprint density at radius 1 is 0.949 bits per heavy atom. The molecule has 39 heavy (non-hydrogen) atoms. The Labute approximate surface area is 240 Å². The van der Waals surface area contributed by atoms with E-state index < -0.39 is 11.7 Å². The molecule has 1 fully saturated rings. The summed E-state index contributed by atoms with van der Waals surface area (Å²) >= 11 is 1.53. The molecule has 4 nitrogen and oxygen atoms in total. The number of ether oxygens (including phenoxy) is 1. The lowest BCUT2D eigenvalue weighted by atomic mass is 9.94. The second-order valence-corrected chi connectivity index (χ2v) is 11.0. The Balaban J connectivity index is 0.00000420. The third kappa shape index (κ3) is 9.00. The monoisotopic (exact) mass is 582 g/mol. The van der Waals surface area contributed by atoms with Crippen molar-refractivity contribution in [2.45, 2.75) is 61.4 Å². The molecule has 0 saturated carbocycles. The van der Waals surface area contributed by atoms with Gasteiger partial charge in [0.1, 0.15) is 6.61 Å². The first kappa shape index (κ1) is 31.5.